The molecule has 22 heavy (non-hydrogen) atoms. The van der Waals surface area contributed by atoms with Gasteiger partial charge in [0, 0.05) is 26.2 Å². The molecule has 0 N–H and O–H groups in total. The van der Waals surface area contributed by atoms with Gasteiger partial charge in [-0.2, -0.15) is 9.57 Å². The van der Waals surface area contributed by atoms with Crippen molar-refractivity contribution in [1.82, 2.24) is 9.21 Å². The van der Waals surface area contributed by atoms with Crippen LogP contribution in [0.15, 0.2) is 23.1 Å². The summed E-state index contributed by atoms with van der Waals surface area (Å²) in [6, 6.07) is 7.59. The van der Waals surface area contributed by atoms with Crippen LogP contribution in [0.4, 0.5) is 0 Å². The molecule has 0 spiro atoms. The highest BCUT2D eigenvalue weighted by molar-refractivity contribution is 7.89. The fraction of sp³-hybridized carbons (Fsp3) is 0.562. The summed E-state index contributed by atoms with van der Waals surface area (Å²) in [4.78, 5) is 2.43. The van der Waals surface area contributed by atoms with Gasteiger partial charge in [0.15, 0.2) is 0 Å². The van der Waals surface area contributed by atoms with E-state index in [1.807, 2.05) is 24.0 Å². The molecule has 1 atom stereocenters. The lowest BCUT2D eigenvalue weighted by molar-refractivity contribution is 0.169. The molecule has 3 rings (SSSR count). The summed E-state index contributed by atoms with van der Waals surface area (Å²) in [7, 11) is -3.42. The Balaban J connectivity index is 1.76. The van der Waals surface area contributed by atoms with E-state index in [1.165, 1.54) is 11.1 Å². The van der Waals surface area contributed by atoms with Crippen molar-refractivity contribution in [3.63, 3.8) is 0 Å². The Hall–Kier alpha value is -1.42. The topological polar surface area (TPSA) is 64.4 Å². The van der Waals surface area contributed by atoms with Gasteiger partial charge in [0.05, 0.1) is 17.0 Å². The monoisotopic (exact) mass is 319 g/mol. The number of hydrogen-bond donors (Lipinski definition) is 0. The number of rotatable bonds is 3. The first kappa shape index (κ1) is 15.5. The SMILES string of the molecule is C[C@@H](C#N)N1CCN(S(=O)(=O)c2ccc3c(c2)CCC3)CC1. The minimum absolute atomic E-state index is 0.162. The molecular formula is C16H21N3O2S. The first-order valence-electron chi connectivity index (χ1n) is 7.78. The van der Waals surface area contributed by atoms with Gasteiger partial charge in [-0.05, 0) is 49.4 Å². The van der Waals surface area contributed by atoms with E-state index in [2.05, 4.69) is 6.07 Å². The fourth-order valence-corrected chi connectivity index (χ4v) is 4.74. The van der Waals surface area contributed by atoms with Crippen LogP contribution in [0.5, 0.6) is 0 Å². The molecule has 5 nitrogen and oxygen atoms in total. The normalized spacial score (nSPS) is 21.3. The Morgan fingerprint density at radius 3 is 2.50 bits per heavy atom. The molecule has 6 heteroatoms. The van der Waals surface area contributed by atoms with Gasteiger partial charge < -0.3 is 0 Å². The molecule has 0 saturated carbocycles. The predicted octanol–water partition coefficient (Wildman–Crippen LogP) is 1.39. The molecule has 1 heterocycles. The summed E-state index contributed by atoms with van der Waals surface area (Å²) in [5.41, 5.74) is 2.46. The molecule has 1 fully saturated rings. The lowest BCUT2D eigenvalue weighted by Crippen LogP contribution is -2.50. The van der Waals surface area contributed by atoms with Crippen molar-refractivity contribution in [2.24, 2.45) is 0 Å². The number of piperazine rings is 1. The molecule has 0 aromatic heterocycles. The molecule has 0 unspecified atom stereocenters. The van der Waals surface area contributed by atoms with Crippen LogP contribution in [0, 0.1) is 11.3 Å². The van der Waals surface area contributed by atoms with Crippen LogP contribution in [0.3, 0.4) is 0 Å². The van der Waals surface area contributed by atoms with Crippen LogP contribution in [0.1, 0.15) is 24.5 Å². The number of benzene rings is 1. The van der Waals surface area contributed by atoms with E-state index < -0.39 is 10.0 Å². The zero-order valence-electron chi connectivity index (χ0n) is 12.8. The van der Waals surface area contributed by atoms with Crippen LogP contribution >= 0.6 is 0 Å². The standard InChI is InChI=1S/C16H21N3O2S/c1-13(12-17)18-7-9-19(10-8-18)22(20,21)16-6-5-14-3-2-4-15(14)11-16/h5-6,11,13H,2-4,7-10H2,1H3/t13-/m0/s1. The largest absolute Gasteiger partial charge is 0.286 e. The van der Waals surface area contributed by atoms with Gasteiger partial charge in [-0.15, -0.1) is 0 Å². The van der Waals surface area contributed by atoms with E-state index >= 15 is 0 Å². The Labute approximate surface area is 132 Å². The summed E-state index contributed by atoms with van der Waals surface area (Å²) in [5, 5.41) is 8.96. The van der Waals surface area contributed by atoms with Gasteiger partial charge in [-0.25, -0.2) is 8.42 Å². The highest BCUT2D eigenvalue weighted by Crippen LogP contribution is 2.26. The second-order valence-corrected chi connectivity index (χ2v) is 7.97. The van der Waals surface area contributed by atoms with Crippen molar-refractivity contribution in [2.75, 3.05) is 26.2 Å². The fourth-order valence-electron chi connectivity index (χ4n) is 3.27. The van der Waals surface area contributed by atoms with Crippen molar-refractivity contribution in [1.29, 1.82) is 5.26 Å². The second kappa shape index (κ2) is 5.99. The molecule has 0 amide bonds. The maximum atomic E-state index is 12.8. The van der Waals surface area contributed by atoms with E-state index in [1.54, 1.807) is 10.4 Å². The minimum Gasteiger partial charge on any atom is -0.286 e. The van der Waals surface area contributed by atoms with E-state index in [4.69, 9.17) is 5.26 Å². The smallest absolute Gasteiger partial charge is 0.243 e. The van der Waals surface area contributed by atoms with Crippen molar-refractivity contribution in [3.05, 3.63) is 29.3 Å². The van der Waals surface area contributed by atoms with Gasteiger partial charge >= 0.3 is 0 Å². The number of fused-ring (bicyclic) bond motifs is 1. The van der Waals surface area contributed by atoms with Crippen LogP contribution in [-0.4, -0.2) is 49.8 Å². The molecular weight excluding hydrogens is 298 g/mol. The van der Waals surface area contributed by atoms with Crippen LogP contribution in [-0.2, 0) is 22.9 Å². The Kier molecular flexibility index (Phi) is 4.22. The van der Waals surface area contributed by atoms with Gasteiger partial charge in [-0.1, -0.05) is 6.07 Å². The Morgan fingerprint density at radius 2 is 1.82 bits per heavy atom. The Bertz CT molecular complexity index is 701. The quantitative estimate of drug-likeness (QED) is 0.844. The lowest BCUT2D eigenvalue weighted by atomic mass is 10.1. The van der Waals surface area contributed by atoms with E-state index in [9.17, 15) is 8.42 Å². The highest BCUT2D eigenvalue weighted by Gasteiger charge is 2.30. The van der Waals surface area contributed by atoms with Crippen molar-refractivity contribution >= 4 is 10.0 Å². The summed E-state index contributed by atoms with van der Waals surface area (Å²) in [5.74, 6) is 0. The third kappa shape index (κ3) is 2.76. The summed E-state index contributed by atoms with van der Waals surface area (Å²) >= 11 is 0. The molecule has 0 bridgehead atoms. The molecule has 1 aromatic rings. The molecule has 1 aliphatic heterocycles. The average Bonchev–Trinajstić information content (AvgIpc) is 3.01. The maximum absolute atomic E-state index is 12.8. The molecule has 0 radical (unpaired) electrons. The number of sulfonamides is 1. The number of hydrogen-bond acceptors (Lipinski definition) is 4. The maximum Gasteiger partial charge on any atom is 0.243 e. The zero-order valence-corrected chi connectivity index (χ0v) is 13.6. The Morgan fingerprint density at radius 1 is 1.14 bits per heavy atom. The summed E-state index contributed by atoms with van der Waals surface area (Å²) < 4.78 is 27.1. The molecule has 1 saturated heterocycles. The first-order chi connectivity index (χ1) is 10.5. The number of nitriles is 1. The van der Waals surface area contributed by atoms with Crippen molar-refractivity contribution in [3.8, 4) is 6.07 Å². The average molecular weight is 319 g/mol. The zero-order chi connectivity index (χ0) is 15.7. The third-order valence-electron chi connectivity index (χ3n) is 4.72. The minimum atomic E-state index is -3.42. The highest BCUT2D eigenvalue weighted by atomic mass is 32.2. The van der Waals surface area contributed by atoms with E-state index in [0.717, 1.165) is 19.3 Å². The van der Waals surface area contributed by atoms with Crippen LogP contribution in [0.25, 0.3) is 0 Å². The second-order valence-electron chi connectivity index (χ2n) is 6.03. The number of aryl methyl sites for hydroxylation is 2. The summed E-state index contributed by atoms with van der Waals surface area (Å²) in [6.07, 6.45) is 3.15. The first-order valence-corrected chi connectivity index (χ1v) is 9.22. The lowest BCUT2D eigenvalue weighted by Gasteiger charge is -2.35. The number of nitrogens with zero attached hydrogens (tertiary/aromatic N) is 3. The molecule has 2 aliphatic rings. The predicted molar refractivity (Wildman–Crippen MR) is 83.9 cm³/mol. The molecule has 1 aromatic carbocycles. The van der Waals surface area contributed by atoms with Crippen molar-refractivity contribution < 1.29 is 8.42 Å². The van der Waals surface area contributed by atoms with Gasteiger partial charge in [-0.3, -0.25) is 4.90 Å². The van der Waals surface area contributed by atoms with Gasteiger partial charge in [0.25, 0.3) is 0 Å². The van der Waals surface area contributed by atoms with Crippen molar-refractivity contribution in [2.45, 2.75) is 37.1 Å². The van der Waals surface area contributed by atoms with Crippen LogP contribution in [0.2, 0.25) is 0 Å². The van der Waals surface area contributed by atoms with Crippen LogP contribution < -0.4 is 0 Å². The van der Waals surface area contributed by atoms with Gasteiger partial charge in [0.1, 0.15) is 0 Å². The van der Waals surface area contributed by atoms with Gasteiger partial charge in [0.2, 0.25) is 10.0 Å². The molecule has 1 aliphatic carbocycles. The third-order valence-corrected chi connectivity index (χ3v) is 6.61. The van der Waals surface area contributed by atoms with E-state index in [-0.39, 0.29) is 6.04 Å². The molecule has 118 valence electrons. The summed E-state index contributed by atoms with van der Waals surface area (Å²) in [6.45, 7) is 3.97. The van der Waals surface area contributed by atoms with E-state index in [0.29, 0.717) is 31.1 Å².